The fraction of sp³-hybridized carbons (Fsp3) is 0.500. The van der Waals surface area contributed by atoms with Gasteiger partial charge in [0.1, 0.15) is 6.04 Å². The van der Waals surface area contributed by atoms with E-state index in [-0.39, 0.29) is 11.9 Å². The lowest BCUT2D eigenvalue weighted by molar-refractivity contribution is -0.117. The van der Waals surface area contributed by atoms with Crippen molar-refractivity contribution in [3.05, 3.63) is 23.8 Å². The van der Waals surface area contributed by atoms with Gasteiger partial charge in [0.2, 0.25) is 5.91 Å². The molecule has 1 saturated carbocycles. The molecule has 1 aliphatic carbocycles. The predicted molar refractivity (Wildman–Crippen MR) is 69.4 cm³/mol. The molecule has 0 unspecified atom stereocenters. The summed E-state index contributed by atoms with van der Waals surface area (Å²) in [6.07, 6.45) is 4.48. The molecule has 3 nitrogen and oxygen atoms in total. The number of carbonyl (C=O) groups excluding carboxylic acids is 1. The van der Waals surface area contributed by atoms with E-state index in [0.717, 1.165) is 24.2 Å². The highest BCUT2D eigenvalue weighted by Crippen LogP contribution is 2.46. The summed E-state index contributed by atoms with van der Waals surface area (Å²) in [6.45, 7) is 2.11. The number of hydrogen-bond acceptors (Lipinski definition) is 2. The van der Waals surface area contributed by atoms with Crippen molar-refractivity contribution in [3.8, 4) is 0 Å². The van der Waals surface area contributed by atoms with Crippen molar-refractivity contribution in [2.24, 2.45) is 0 Å². The van der Waals surface area contributed by atoms with Gasteiger partial charge < -0.3 is 10.6 Å². The zero-order valence-corrected chi connectivity index (χ0v) is 10.1. The number of carbonyl (C=O) groups is 1. The lowest BCUT2D eigenvalue weighted by Gasteiger charge is -2.28. The van der Waals surface area contributed by atoms with Crippen molar-refractivity contribution in [1.82, 2.24) is 0 Å². The Hall–Kier alpha value is -1.51. The Morgan fingerprint density at radius 3 is 2.88 bits per heavy atom. The van der Waals surface area contributed by atoms with E-state index < -0.39 is 0 Å². The second-order valence-electron chi connectivity index (χ2n) is 5.02. The average Bonchev–Trinajstić information content (AvgIpc) is 3.13. The molecular weight excluding hydrogens is 212 g/mol. The lowest BCUT2D eigenvalue weighted by atomic mass is 10.0. The molecular formula is C14H18N2O. The van der Waals surface area contributed by atoms with Gasteiger partial charge in [-0.05, 0) is 36.8 Å². The number of rotatable bonds is 3. The molecule has 0 radical (unpaired) electrons. The summed E-state index contributed by atoms with van der Waals surface area (Å²) in [5.41, 5.74) is 3.49. The van der Waals surface area contributed by atoms with Crippen LogP contribution in [0.25, 0.3) is 0 Å². The van der Waals surface area contributed by atoms with E-state index in [9.17, 15) is 4.79 Å². The molecule has 1 aliphatic heterocycles. The number of hydrogen-bond donors (Lipinski definition) is 2. The van der Waals surface area contributed by atoms with Crippen LogP contribution < -0.4 is 10.6 Å². The zero-order chi connectivity index (χ0) is 11.8. The van der Waals surface area contributed by atoms with E-state index in [1.165, 1.54) is 18.4 Å². The topological polar surface area (TPSA) is 41.1 Å². The highest BCUT2D eigenvalue weighted by molar-refractivity contribution is 6.03. The minimum atomic E-state index is -0.0626. The van der Waals surface area contributed by atoms with Gasteiger partial charge in [-0.3, -0.25) is 4.79 Å². The fourth-order valence-corrected chi connectivity index (χ4v) is 2.52. The number of benzene rings is 1. The minimum Gasteiger partial charge on any atom is -0.372 e. The molecule has 3 heteroatoms. The lowest BCUT2D eigenvalue weighted by Crippen LogP contribution is -2.39. The van der Waals surface area contributed by atoms with Crippen LogP contribution in [0.5, 0.6) is 0 Å². The van der Waals surface area contributed by atoms with Gasteiger partial charge in [-0.25, -0.2) is 0 Å². The monoisotopic (exact) mass is 230 g/mol. The molecule has 2 aliphatic rings. The SMILES string of the molecule is CCC[C@@H]1Nc2c(cccc2C2CC2)NC1=O. The van der Waals surface area contributed by atoms with E-state index in [0.29, 0.717) is 5.92 Å². The Balaban J connectivity index is 1.94. The van der Waals surface area contributed by atoms with Crippen LogP contribution in [-0.2, 0) is 4.79 Å². The van der Waals surface area contributed by atoms with Crippen LogP contribution in [0.3, 0.4) is 0 Å². The maximum absolute atomic E-state index is 11.9. The van der Waals surface area contributed by atoms with Crippen molar-refractivity contribution < 1.29 is 4.79 Å². The summed E-state index contributed by atoms with van der Waals surface area (Å²) in [4.78, 5) is 11.9. The van der Waals surface area contributed by atoms with E-state index in [1.54, 1.807) is 0 Å². The third-order valence-electron chi connectivity index (χ3n) is 3.58. The number of fused-ring (bicyclic) bond motifs is 1. The first-order valence-electron chi connectivity index (χ1n) is 6.50. The summed E-state index contributed by atoms with van der Waals surface area (Å²) in [6, 6.07) is 6.14. The number of amides is 1. The van der Waals surface area contributed by atoms with Crippen LogP contribution in [0.15, 0.2) is 18.2 Å². The largest absolute Gasteiger partial charge is 0.372 e. The van der Waals surface area contributed by atoms with E-state index in [4.69, 9.17) is 0 Å². The predicted octanol–water partition coefficient (Wildman–Crippen LogP) is 3.10. The first kappa shape index (κ1) is 10.6. The molecule has 0 spiro atoms. The fourth-order valence-electron chi connectivity index (χ4n) is 2.52. The average molecular weight is 230 g/mol. The third kappa shape index (κ3) is 1.90. The van der Waals surface area contributed by atoms with Gasteiger partial charge in [0.05, 0.1) is 11.4 Å². The van der Waals surface area contributed by atoms with Gasteiger partial charge >= 0.3 is 0 Å². The van der Waals surface area contributed by atoms with Gasteiger partial charge in [0, 0.05) is 0 Å². The summed E-state index contributed by atoms with van der Waals surface area (Å²) >= 11 is 0. The molecule has 1 fully saturated rings. The van der Waals surface area contributed by atoms with Gasteiger partial charge in [0.25, 0.3) is 0 Å². The second kappa shape index (κ2) is 4.06. The zero-order valence-electron chi connectivity index (χ0n) is 10.1. The standard InChI is InChI=1S/C14H18N2O/c1-2-4-12-14(17)16-11-6-3-5-10(9-7-8-9)13(11)15-12/h3,5-6,9,12,15H,2,4,7-8H2,1H3,(H,16,17)/t12-/m0/s1. The van der Waals surface area contributed by atoms with Crippen LogP contribution in [0.2, 0.25) is 0 Å². The van der Waals surface area contributed by atoms with E-state index >= 15 is 0 Å². The van der Waals surface area contributed by atoms with Crippen LogP contribution in [0.1, 0.15) is 44.1 Å². The van der Waals surface area contributed by atoms with Crippen LogP contribution in [0.4, 0.5) is 11.4 Å². The molecule has 0 bridgehead atoms. The first-order valence-corrected chi connectivity index (χ1v) is 6.50. The maximum atomic E-state index is 11.9. The van der Waals surface area contributed by atoms with Crippen molar-refractivity contribution >= 4 is 17.3 Å². The Bertz CT molecular complexity index is 452. The highest BCUT2D eigenvalue weighted by atomic mass is 16.2. The van der Waals surface area contributed by atoms with Crippen molar-refractivity contribution in [2.45, 2.75) is 44.6 Å². The summed E-state index contributed by atoms with van der Waals surface area (Å²) in [7, 11) is 0. The first-order chi connectivity index (χ1) is 8.29. The molecule has 1 atom stereocenters. The summed E-state index contributed by atoms with van der Waals surface area (Å²) < 4.78 is 0. The molecule has 3 rings (SSSR count). The Kier molecular flexibility index (Phi) is 2.54. The number of para-hydroxylation sites is 1. The van der Waals surface area contributed by atoms with Gasteiger partial charge in [-0.2, -0.15) is 0 Å². The number of nitrogens with one attached hydrogen (secondary N) is 2. The molecule has 0 saturated heterocycles. The van der Waals surface area contributed by atoms with E-state index in [2.05, 4.69) is 23.6 Å². The second-order valence-corrected chi connectivity index (χ2v) is 5.02. The normalized spacial score (nSPS) is 22.6. The van der Waals surface area contributed by atoms with Crippen LogP contribution in [-0.4, -0.2) is 11.9 Å². The molecule has 1 amide bonds. The van der Waals surface area contributed by atoms with Gasteiger partial charge in [-0.15, -0.1) is 0 Å². The molecule has 1 heterocycles. The Labute approximate surface area is 102 Å². The van der Waals surface area contributed by atoms with Crippen molar-refractivity contribution in [3.63, 3.8) is 0 Å². The van der Waals surface area contributed by atoms with Crippen LogP contribution in [0, 0.1) is 0 Å². The van der Waals surface area contributed by atoms with E-state index in [1.807, 2.05) is 12.1 Å². The Morgan fingerprint density at radius 2 is 2.18 bits per heavy atom. The van der Waals surface area contributed by atoms with Gasteiger partial charge in [-0.1, -0.05) is 25.5 Å². The maximum Gasteiger partial charge on any atom is 0.246 e. The van der Waals surface area contributed by atoms with Crippen molar-refractivity contribution in [2.75, 3.05) is 10.6 Å². The highest BCUT2D eigenvalue weighted by Gasteiger charge is 2.31. The quantitative estimate of drug-likeness (QED) is 0.837. The van der Waals surface area contributed by atoms with Crippen LogP contribution >= 0.6 is 0 Å². The number of anilines is 2. The third-order valence-corrected chi connectivity index (χ3v) is 3.58. The van der Waals surface area contributed by atoms with Crippen molar-refractivity contribution in [1.29, 1.82) is 0 Å². The molecule has 1 aromatic carbocycles. The molecule has 0 aromatic heterocycles. The molecule has 90 valence electrons. The molecule has 1 aromatic rings. The summed E-state index contributed by atoms with van der Waals surface area (Å²) in [5, 5.41) is 6.44. The minimum absolute atomic E-state index is 0.0626. The Morgan fingerprint density at radius 1 is 1.35 bits per heavy atom. The summed E-state index contributed by atoms with van der Waals surface area (Å²) in [5.74, 6) is 0.807. The molecule has 2 N–H and O–H groups in total. The molecule has 17 heavy (non-hydrogen) atoms. The van der Waals surface area contributed by atoms with Gasteiger partial charge in [0.15, 0.2) is 0 Å². The smallest absolute Gasteiger partial charge is 0.246 e.